The first-order valence-corrected chi connectivity index (χ1v) is 4.08. The summed E-state index contributed by atoms with van der Waals surface area (Å²) in [5.74, 6) is -2.76. The van der Waals surface area contributed by atoms with E-state index in [-0.39, 0.29) is 15.8 Å². The molecule has 0 aliphatic heterocycles. The Kier molecular flexibility index (Phi) is 2.67. The number of Topliss-reactive ketones (excluding diaryl/α,β-unsaturated/α-hetero) is 1. The van der Waals surface area contributed by atoms with Crippen LogP contribution in [0.25, 0.3) is 0 Å². The number of benzene rings is 1. The zero-order valence-corrected chi connectivity index (χ0v) is 7.91. The molecule has 0 heterocycles. The summed E-state index contributed by atoms with van der Waals surface area (Å²) in [4.78, 5) is 21.3. The SMILES string of the molecule is O=C(O)C(=O)c1cccc(O)c1Br. The van der Waals surface area contributed by atoms with Crippen molar-refractivity contribution in [3.05, 3.63) is 28.2 Å². The molecular formula is C8H5BrO4. The van der Waals surface area contributed by atoms with Crippen LogP contribution in [-0.2, 0) is 4.79 Å². The van der Waals surface area contributed by atoms with Crippen LogP contribution in [0.15, 0.2) is 22.7 Å². The Bertz CT molecular complexity index is 372. The molecule has 0 atom stereocenters. The van der Waals surface area contributed by atoms with Gasteiger partial charge in [-0.05, 0) is 28.1 Å². The van der Waals surface area contributed by atoms with Crippen molar-refractivity contribution in [3.63, 3.8) is 0 Å². The lowest BCUT2D eigenvalue weighted by atomic mass is 10.1. The van der Waals surface area contributed by atoms with E-state index in [2.05, 4.69) is 15.9 Å². The molecule has 1 rings (SSSR count). The maximum Gasteiger partial charge on any atom is 0.377 e. The van der Waals surface area contributed by atoms with Gasteiger partial charge in [-0.3, -0.25) is 4.79 Å². The normalized spacial score (nSPS) is 9.62. The van der Waals surface area contributed by atoms with Crippen molar-refractivity contribution in [1.82, 2.24) is 0 Å². The molecule has 0 unspecified atom stereocenters. The van der Waals surface area contributed by atoms with Gasteiger partial charge in [0.1, 0.15) is 5.75 Å². The average molecular weight is 245 g/mol. The quantitative estimate of drug-likeness (QED) is 0.610. The maximum atomic E-state index is 11.0. The molecule has 68 valence electrons. The molecule has 13 heavy (non-hydrogen) atoms. The van der Waals surface area contributed by atoms with Crippen LogP contribution in [0.1, 0.15) is 10.4 Å². The van der Waals surface area contributed by atoms with Gasteiger partial charge in [0, 0.05) is 5.56 Å². The van der Waals surface area contributed by atoms with Gasteiger partial charge in [0.15, 0.2) is 0 Å². The number of carboxylic acid groups (broad SMARTS) is 1. The summed E-state index contributed by atoms with van der Waals surface area (Å²) in [6.45, 7) is 0. The predicted molar refractivity (Wildman–Crippen MR) is 47.8 cm³/mol. The second kappa shape index (κ2) is 3.57. The number of hydrogen-bond donors (Lipinski definition) is 2. The minimum Gasteiger partial charge on any atom is -0.507 e. The number of rotatable bonds is 2. The lowest BCUT2D eigenvalue weighted by Crippen LogP contribution is -2.13. The van der Waals surface area contributed by atoms with Gasteiger partial charge in [0.2, 0.25) is 0 Å². The second-order valence-electron chi connectivity index (χ2n) is 2.27. The number of hydrogen-bond acceptors (Lipinski definition) is 3. The molecule has 0 saturated carbocycles. The van der Waals surface area contributed by atoms with Gasteiger partial charge < -0.3 is 10.2 Å². The van der Waals surface area contributed by atoms with Crippen molar-refractivity contribution in [2.45, 2.75) is 0 Å². The fourth-order valence-electron chi connectivity index (χ4n) is 0.810. The van der Waals surface area contributed by atoms with Gasteiger partial charge in [-0.25, -0.2) is 4.79 Å². The number of phenolic OH excluding ortho intramolecular Hbond substituents is 1. The highest BCUT2D eigenvalue weighted by Crippen LogP contribution is 2.27. The van der Waals surface area contributed by atoms with Crippen molar-refractivity contribution < 1.29 is 19.8 Å². The monoisotopic (exact) mass is 244 g/mol. The van der Waals surface area contributed by atoms with Gasteiger partial charge in [0.25, 0.3) is 5.78 Å². The van der Waals surface area contributed by atoms with Gasteiger partial charge in [-0.2, -0.15) is 0 Å². The number of aliphatic carboxylic acids is 1. The smallest absolute Gasteiger partial charge is 0.377 e. The molecule has 1 aromatic carbocycles. The van der Waals surface area contributed by atoms with Crippen LogP contribution < -0.4 is 0 Å². The minimum atomic E-state index is -1.55. The molecule has 0 spiro atoms. The Morgan fingerprint density at radius 1 is 1.31 bits per heavy atom. The van der Waals surface area contributed by atoms with Crippen molar-refractivity contribution in [1.29, 1.82) is 0 Å². The summed E-state index contributed by atoms with van der Waals surface area (Å²) in [6.07, 6.45) is 0. The Morgan fingerprint density at radius 3 is 2.46 bits per heavy atom. The summed E-state index contributed by atoms with van der Waals surface area (Å²) >= 11 is 2.91. The van der Waals surface area contributed by atoms with Crippen molar-refractivity contribution in [2.24, 2.45) is 0 Å². The standard InChI is InChI=1S/C8H5BrO4/c9-6-4(7(11)8(12)13)2-1-3-5(6)10/h1-3,10H,(H,12,13). The zero-order chi connectivity index (χ0) is 10.0. The number of carboxylic acids is 1. The summed E-state index contributed by atoms with van der Waals surface area (Å²) in [5, 5.41) is 17.5. The Hall–Kier alpha value is -1.36. The number of ketones is 1. The Balaban J connectivity index is 3.23. The van der Waals surface area contributed by atoms with E-state index in [1.165, 1.54) is 18.2 Å². The van der Waals surface area contributed by atoms with E-state index >= 15 is 0 Å². The molecule has 2 N–H and O–H groups in total. The molecule has 1 aromatic rings. The fraction of sp³-hybridized carbons (Fsp3) is 0. The number of carbonyl (C=O) groups excluding carboxylic acids is 1. The third-order valence-electron chi connectivity index (χ3n) is 1.42. The van der Waals surface area contributed by atoms with Crippen molar-refractivity contribution in [3.8, 4) is 5.75 Å². The highest BCUT2D eigenvalue weighted by Gasteiger charge is 2.18. The first-order valence-electron chi connectivity index (χ1n) is 3.29. The Morgan fingerprint density at radius 2 is 1.92 bits per heavy atom. The van der Waals surface area contributed by atoms with Crippen LogP contribution >= 0.6 is 15.9 Å². The summed E-state index contributed by atoms with van der Waals surface area (Å²) in [6, 6.07) is 4.07. The van der Waals surface area contributed by atoms with Crippen LogP contribution in [0.3, 0.4) is 0 Å². The molecule has 0 aromatic heterocycles. The van der Waals surface area contributed by atoms with Crippen LogP contribution in [0.2, 0.25) is 0 Å². The predicted octanol–water partition coefficient (Wildman–Crippen LogP) is 1.42. The molecule has 0 aliphatic carbocycles. The van der Waals surface area contributed by atoms with Gasteiger partial charge in [-0.15, -0.1) is 0 Å². The van der Waals surface area contributed by atoms with E-state index < -0.39 is 11.8 Å². The van der Waals surface area contributed by atoms with Crippen LogP contribution in [0.4, 0.5) is 0 Å². The van der Waals surface area contributed by atoms with E-state index in [1.807, 2.05) is 0 Å². The fourth-order valence-corrected chi connectivity index (χ4v) is 1.25. The molecule has 0 saturated heterocycles. The number of phenols is 1. The third-order valence-corrected chi connectivity index (χ3v) is 2.25. The lowest BCUT2D eigenvalue weighted by Gasteiger charge is -2.01. The van der Waals surface area contributed by atoms with E-state index in [9.17, 15) is 9.59 Å². The number of carbonyl (C=O) groups is 2. The van der Waals surface area contributed by atoms with E-state index in [1.54, 1.807) is 0 Å². The lowest BCUT2D eigenvalue weighted by molar-refractivity contribution is -0.131. The molecular weight excluding hydrogens is 240 g/mol. The van der Waals surface area contributed by atoms with Crippen molar-refractivity contribution >= 4 is 27.7 Å². The molecule has 5 heteroatoms. The third kappa shape index (κ3) is 1.86. The molecule has 0 aliphatic rings. The average Bonchev–Trinajstić information content (AvgIpc) is 2.08. The zero-order valence-electron chi connectivity index (χ0n) is 6.32. The van der Waals surface area contributed by atoms with Crippen molar-refractivity contribution in [2.75, 3.05) is 0 Å². The molecule has 0 amide bonds. The Labute approximate surface area is 81.9 Å². The molecule has 0 bridgehead atoms. The highest BCUT2D eigenvalue weighted by atomic mass is 79.9. The highest BCUT2D eigenvalue weighted by molar-refractivity contribution is 9.10. The number of halogens is 1. The topological polar surface area (TPSA) is 74.6 Å². The minimum absolute atomic E-state index is 0.0625. The van der Waals surface area contributed by atoms with Gasteiger partial charge in [0.05, 0.1) is 4.47 Å². The second-order valence-corrected chi connectivity index (χ2v) is 3.07. The van der Waals surface area contributed by atoms with Gasteiger partial charge >= 0.3 is 5.97 Å². The molecule has 0 radical (unpaired) electrons. The molecule has 0 fully saturated rings. The van der Waals surface area contributed by atoms with E-state index in [0.29, 0.717) is 0 Å². The van der Waals surface area contributed by atoms with E-state index in [0.717, 1.165) is 0 Å². The first kappa shape index (κ1) is 9.73. The maximum absolute atomic E-state index is 11.0. The summed E-state index contributed by atoms with van der Waals surface area (Å²) < 4.78 is 0.0994. The molecule has 4 nitrogen and oxygen atoms in total. The largest absolute Gasteiger partial charge is 0.507 e. The van der Waals surface area contributed by atoms with Crippen LogP contribution in [0.5, 0.6) is 5.75 Å². The van der Waals surface area contributed by atoms with Gasteiger partial charge in [-0.1, -0.05) is 6.07 Å². The van der Waals surface area contributed by atoms with E-state index in [4.69, 9.17) is 10.2 Å². The van der Waals surface area contributed by atoms with Crippen LogP contribution in [-0.4, -0.2) is 22.0 Å². The summed E-state index contributed by atoms with van der Waals surface area (Å²) in [7, 11) is 0. The first-order chi connectivity index (χ1) is 6.04. The summed E-state index contributed by atoms with van der Waals surface area (Å²) in [5.41, 5.74) is -0.0625. The number of aromatic hydroxyl groups is 1. The van der Waals surface area contributed by atoms with Crippen LogP contribution in [0, 0.1) is 0 Å².